The molecule has 2 N–H and O–H groups in total. The van der Waals surface area contributed by atoms with Crippen molar-refractivity contribution < 1.29 is 9.72 Å². The van der Waals surface area contributed by atoms with Gasteiger partial charge in [-0.15, -0.1) is 0 Å². The number of nitro benzene ring substituents is 1. The van der Waals surface area contributed by atoms with E-state index in [-0.39, 0.29) is 17.2 Å². The zero-order valence-electron chi connectivity index (χ0n) is 19.4. The minimum absolute atomic E-state index is 0.0574. The largest absolute Gasteiger partial charge is 0.323 e. The summed E-state index contributed by atoms with van der Waals surface area (Å²) in [5.74, 6) is 0.796. The van der Waals surface area contributed by atoms with E-state index in [1.165, 1.54) is 6.07 Å². The van der Waals surface area contributed by atoms with E-state index < -0.39 is 6.03 Å². The third-order valence-corrected chi connectivity index (χ3v) is 5.96. The van der Waals surface area contributed by atoms with Crippen molar-refractivity contribution in [2.45, 2.75) is 39.7 Å². The Bertz CT molecular complexity index is 1400. The van der Waals surface area contributed by atoms with E-state index in [1.807, 2.05) is 4.57 Å². The molecule has 2 aromatic heterocycles. The molecule has 0 bridgehead atoms. The standard InChI is InChI=1S/C25H25ClN6O3/c1-3-4-13-23-28-21-14-20(30-25(33)29-19-11-7-6-10-18(19)26)16(2)27-24(21)31(23)15-17-9-5-8-12-22(17)32(34)35/h5-12,14H,3-4,13,15H2,1-2H3,(H2,29,30,33). The highest BCUT2D eigenvalue weighted by molar-refractivity contribution is 6.33. The van der Waals surface area contributed by atoms with Crippen molar-refractivity contribution in [3.63, 3.8) is 0 Å². The first-order valence-electron chi connectivity index (χ1n) is 11.3. The normalized spacial score (nSPS) is 10.9. The van der Waals surface area contributed by atoms with Crippen LogP contribution in [0, 0.1) is 17.0 Å². The molecule has 0 aliphatic heterocycles. The highest BCUT2D eigenvalue weighted by Gasteiger charge is 2.19. The summed E-state index contributed by atoms with van der Waals surface area (Å²) in [7, 11) is 0. The number of halogens is 1. The Hall–Kier alpha value is -3.98. The molecular formula is C25H25ClN6O3. The van der Waals surface area contributed by atoms with Crippen LogP contribution in [0.2, 0.25) is 5.02 Å². The van der Waals surface area contributed by atoms with Crippen LogP contribution in [0.15, 0.2) is 54.6 Å². The number of benzene rings is 2. The van der Waals surface area contributed by atoms with Gasteiger partial charge in [-0.1, -0.05) is 55.3 Å². The van der Waals surface area contributed by atoms with Crippen molar-refractivity contribution in [2.24, 2.45) is 0 Å². The molecule has 0 aliphatic carbocycles. The number of fused-ring (bicyclic) bond motifs is 1. The Morgan fingerprint density at radius 3 is 2.54 bits per heavy atom. The lowest BCUT2D eigenvalue weighted by molar-refractivity contribution is -0.385. The molecule has 10 heteroatoms. The summed E-state index contributed by atoms with van der Waals surface area (Å²) in [5.41, 5.74) is 3.46. The van der Waals surface area contributed by atoms with Crippen molar-refractivity contribution in [3.05, 3.63) is 86.8 Å². The topological polar surface area (TPSA) is 115 Å². The maximum absolute atomic E-state index is 12.6. The number of aromatic nitrogens is 3. The number of carbonyl (C=O) groups excluding carboxylic acids is 1. The smallest absolute Gasteiger partial charge is 0.308 e. The van der Waals surface area contributed by atoms with E-state index >= 15 is 0 Å². The third-order valence-electron chi connectivity index (χ3n) is 5.63. The van der Waals surface area contributed by atoms with Crippen molar-refractivity contribution in [3.8, 4) is 0 Å². The number of imidazole rings is 1. The second-order valence-electron chi connectivity index (χ2n) is 8.13. The fourth-order valence-electron chi connectivity index (χ4n) is 3.83. The number of rotatable bonds is 8. The molecule has 2 heterocycles. The van der Waals surface area contributed by atoms with Crippen molar-refractivity contribution in [2.75, 3.05) is 10.6 Å². The number of nitrogens with one attached hydrogen (secondary N) is 2. The average Bonchev–Trinajstić information content (AvgIpc) is 3.15. The predicted molar refractivity (Wildman–Crippen MR) is 137 cm³/mol. The Kier molecular flexibility index (Phi) is 7.26. The minimum Gasteiger partial charge on any atom is -0.308 e. The number of amides is 2. The predicted octanol–water partition coefficient (Wildman–Crippen LogP) is 6.34. The van der Waals surface area contributed by atoms with Gasteiger partial charge >= 0.3 is 6.03 Å². The number of hydrogen-bond acceptors (Lipinski definition) is 5. The lowest BCUT2D eigenvalue weighted by atomic mass is 10.1. The third kappa shape index (κ3) is 5.41. The average molecular weight is 493 g/mol. The van der Waals surface area contributed by atoms with Gasteiger partial charge in [0.25, 0.3) is 5.69 Å². The summed E-state index contributed by atoms with van der Waals surface area (Å²) in [5, 5.41) is 17.5. The second kappa shape index (κ2) is 10.5. The molecule has 0 radical (unpaired) electrons. The molecule has 0 saturated carbocycles. The highest BCUT2D eigenvalue weighted by Crippen LogP contribution is 2.27. The van der Waals surface area contributed by atoms with Crippen LogP contribution in [0.5, 0.6) is 0 Å². The zero-order valence-corrected chi connectivity index (χ0v) is 20.2. The maximum Gasteiger partial charge on any atom is 0.323 e. The zero-order chi connectivity index (χ0) is 24.9. The van der Waals surface area contributed by atoms with Crippen molar-refractivity contribution in [1.82, 2.24) is 14.5 Å². The molecule has 2 amide bonds. The number of anilines is 2. The molecule has 0 atom stereocenters. The first-order chi connectivity index (χ1) is 16.9. The Morgan fingerprint density at radius 1 is 1.09 bits per heavy atom. The lowest BCUT2D eigenvalue weighted by Gasteiger charge is -2.12. The van der Waals surface area contributed by atoms with Crippen LogP contribution >= 0.6 is 11.6 Å². The quantitative estimate of drug-likeness (QED) is 0.220. The van der Waals surface area contributed by atoms with Crippen LogP contribution < -0.4 is 10.6 Å². The van der Waals surface area contributed by atoms with E-state index in [0.717, 1.165) is 18.7 Å². The number of pyridine rings is 1. The van der Waals surface area contributed by atoms with Gasteiger partial charge in [-0.2, -0.15) is 0 Å². The number of unbranched alkanes of at least 4 members (excludes halogenated alkanes) is 1. The van der Waals surface area contributed by atoms with Gasteiger partial charge in [0.2, 0.25) is 0 Å². The molecule has 0 spiro atoms. The Morgan fingerprint density at radius 2 is 1.80 bits per heavy atom. The number of nitrogens with zero attached hydrogens (tertiary/aromatic N) is 4. The fourth-order valence-corrected chi connectivity index (χ4v) is 4.02. The van der Waals surface area contributed by atoms with Crippen LogP contribution in [0.1, 0.15) is 36.8 Å². The van der Waals surface area contributed by atoms with E-state index in [2.05, 4.69) is 17.6 Å². The second-order valence-corrected chi connectivity index (χ2v) is 8.53. The van der Waals surface area contributed by atoms with Gasteiger partial charge in [0.15, 0.2) is 5.65 Å². The monoisotopic (exact) mass is 492 g/mol. The van der Waals surface area contributed by atoms with Gasteiger partial charge in [0.1, 0.15) is 11.3 Å². The molecule has 0 saturated heterocycles. The van der Waals surface area contributed by atoms with Crippen LogP contribution in [0.3, 0.4) is 0 Å². The first-order valence-corrected chi connectivity index (χ1v) is 11.7. The molecule has 180 valence electrons. The molecule has 0 unspecified atom stereocenters. The molecule has 0 fully saturated rings. The molecule has 4 rings (SSSR count). The Labute approximate surface area is 207 Å². The molecule has 35 heavy (non-hydrogen) atoms. The SMILES string of the molecule is CCCCc1nc2cc(NC(=O)Nc3ccccc3Cl)c(C)nc2n1Cc1ccccc1[N+](=O)[O-]. The van der Waals surface area contributed by atoms with Crippen molar-refractivity contribution in [1.29, 1.82) is 0 Å². The van der Waals surface area contributed by atoms with Gasteiger partial charge in [0, 0.05) is 18.1 Å². The Balaban J connectivity index is 1.68. The number of carbonyl (C=O) groups is 1. The van der Waals surface area contributed by atoms with E-state index in [9.17, 15) is 14.9 Å². The van der Waals surface area contributed by atoms with E-state index in [1.54, 1.807) is 55.5 Å². The molecule has 4 aromatic rings. The van der Waals surface area contributed by atoms with Gasteiger partial charge in [0.05, 0.1) is 33.6 Å². The number of urea groups is 1. The lowest BCUT2D eigenvalue weighted by Crippen LogP contribution is -2.20. The number of aryl methyl sites for hydroxylation is 2. The van der Waals surface area contributed by atoms with E-state index in [0.29, 0.717) is 45.2 Å². The summed E-state index contributed by atoms with van der Waals surface area (Å²) < 4.78 is 1.92. The summed E-state index contributed by atoms with van der Waals surface area (Å²) >= 11 is 6.13. The van der Waals surface area contributed by atoms with Crippen LogP contribution in [-0.4, -0.2) is 25.5 Å². The summed E-state index contributed by atoms with van der Waals surface area (Å²) in [4.78, 5) is 33.2. The van der Waals surface area contributed by atoms with Crippen molar-refractivity contribution >= 4 is 45.9 Å². The molecule has 0 aliphatic rings. The number of para-hydroxylation sites is 2. The summed E-state index contributed by atoms with van der Waals surface area (Å²) in [6.07, 6.45) is 2.61. The fraction of sp³-hybridized carbons (Fsp3) is 0.240. The molecule has 9 nitrogen and oxygen atoms in total. The first kappa shape index (κ1) is 24.2. The number of nitro groups is 1. The number of hydrogen-bond donors (Lipinski definition) is 2. The van der Waals surface area contributed by atoms with Gasteiger partial charge in [-0.05, 0) is 31.5 Å². The summed E-state index contributed by atoms with van der Waals surface area (Å²) in [6, 6.07) is 15.0. The molecular weight excluding hydrogens is 468 g/mol. The van der Waals surface area contributed by atoms with Gasteiger partial charge in [-0.25, -0.2) is 14.8 Å². The van der Waals surface area contributed by atoms with Crippen LogP contribution in [0.25, 0.3) is 11.2 Å². The highest BCUT2D eigenvalue weighted by atomic mass is 35.5. The van der Waals surface area contributed by atoms with Gasteiger partial charge in [-0.3, -0.25) is 10.1 Å². The maximum atomic E-state index is 12.6. The van der Waals surface area contributed by atoms with Crippen LogP contribution in [0.4, 0.5) is 21.9 Å². The van der Waals surface area contributed by atoms with E-state index in [4.69, 9.17) is 21.6 Å². The minimum atomic E-state index is -0.451. The van der Waals surface area contributed by atoms with Crippen LogP contribution in [-0.2, 0) is 13.0 Å². The molecule has 2 aromatic carbocycles. The summed E-state index contributed by atoms with van der Waals surface area (Å²) in [6.45, 7) is 4.16. The van der Waals surface area contributed by atoms with Gasteiger partial charge < -0.3 is 15.2 Å².